The van der Waals surface area contributed by atoms with Crippen LogP contribution in [0.5, 0.6) is 0 Å². The zero-order valence-electron chi connectivity index (χ0n) is 14.8. The summed E-state index contributed by atoms with van der Waals surface area (Å²) in [5, 5.41) is 4.58. The van der Waals surface area contributed by atoms with Crippen molar-refractivity contribution in [3.8, 4) is 11.5 Å². The molecular formula is C21H16ClN5O. The Morgan fingerprint density at radius 1 is 1.07 bits per heavy atom. The highest BCUT2D eigenvalue weighted by Crippen LogP contribution is 2.23. The number of halogens is 1. The molecule has 0 radical (unpaired) electrons. The standard InChI is InChI=1S/C21H16ClN5O/c22-16-8-2-1-7-15(16)13-24-26-20(28)14-27-19-11-4-3-9-17(19)25-21(27)18-10-5-6-12-23-18/h1-13H,14H2,(H,26,28). The molecule has 0 aliphatic heterocycles. The lowest BCUT2D eigenvalue weighted by Crippen LogP contribution is -2.23. The van der Waals surface area contributed by atoms with Gasteiger partial charge in [-0.3, -0.25) is 9.78 Å². The van der Waals surface area contributed by atoms with Gasteiger partial charge in [-0.25, -0.2) is 10.4 Å². The summed E-state index contributed by atoms with van der Waals surface area (Å²) in [6, 6.07) is 20.5. The normalized spacial score (nSPS) is 11.2. The van der Waals surface area contributed by atoms with E-state index in [1.54, 1.807) is 12.3 Å². The van der Waals surface area contributed by atoms with Crippen LogP contribution >= 0.6 is 11.6 Å². The van der Waals surface area contributed by atoms with Gasteiger partial charge in [0.15, 0.2) is 5.82 Å². The number of hydrazone groups is 1. The highest BCUT2D eigenvalue weighted by atomic mass is 35.5. The van der Waals surface area contributed by atoms with E-state index in [4.69, 9.17) is 11.6 Å². The minimum Gasteiger partial charge on any atom is -0.313 e. The van der Waals surface area contributed by atoms with Crippen LogP contribution in [0.1, 0.15) is 5.56 Å². The van der Waals surface area contributed by atoms with Gasteiger partial charge in [-0.2, -0.15) is 5.10 Å². The average molecular weight is 390 g/mol. The first kappa shape index (κ1) is 17.9. The third kappa shape index (κ3) is 3.77. The summed E-state index contributed by atoms with van der Waals surface area (Å²) in [5.41, 5.74) is 5.63. The Morgan fingerprint density at radius 3 is 2.68 bits per heavy atom. The molecule has 0 atom stereocenters. The molecule has 0 aliphatic carbocycles. The molecule has 1 amide bonds. The first-order valence-corrected chi connectivity index (χ1v) is 9.03. The van der Waals surface area contributed by atoms with Crippen LogP contribution in [-0.4, -0.2) is 26.7 Å². The predicted molar refractivity (Wildman–Crippen MR) is 110 cm³/mol. The highest BCUT2D eigenvalue weighted by Gasteiger charge is 2.15. The van der Waals surface area contributed by atoms with Crippen LogP contribution in [0.4, 0.5) is 0 Å². The Morgan fingerprint density at radius 2 is 1.86 bits per heavy atom. The van der Waals surface area contributed by atoms with E-state index in [0.29, 0.717) is 16.5 Å². The van der Waals surface area contributed by atoms with Gasteiger partial charge < -0.3 is 4.57 Å². The second-order valence-corrected chi connectivity index (χ2v) is 6.45. The number of para-hydroxylation sites is 2. The van der Waals surface area contributed by atoms with Crippen LogP contribution in [0.3, 0.4) is 0 Å². The van der Waals surface area contributed by atoms with Crippen molar-refractivity contribution >= 4 is 34.8 Å². The molecule has 0 bridgehead atoms. The summed E-state index contributed by atoms with van der Waals surface area (Å²) in [4.78, 5) is 21.5. The summed E-state index contributed by atoms with van der Waals surface area (Å²) in [5.74, 6) is 0.357. The first-order valence-electron chi connectivity index (χ1n) is 8.65. The first-order chi connectivity index (χ1) is 13.7. The van der Waals surface area contributed by atoms with Gasteiger partial charge in [0.2, 0.25) is 0 Å². The molecule has 0 unspecified atom stereocenters. The number of rotatable bonds is 5. The van der Waals surface area contributed by atoms with Crippen molar-refractivity contribution < 1.29 is 4.79 Å². The SMILES string of the molecule is O=C(Cn1c(-c2ccccn2)nc2ccccc21)NN=Cc1ccccc1Cl. The van der Waals surface area contributed by atoms with Crippen molar-refractivity contribution in [2.75, 3.05) is 0 Å². The highest BCUT2D eigenvalue weighted by molar-refractivity contribution is 6.33. The second-order valence-electron chi connectivity index (χ2n) is 6.04. The van der Waals surface area contributed by atoms with Crippen molar-refractivity contribution in [3.63, 3.8) is 0 Å². The van der Waals surface area contributed by atoms with E-state index in [0.717, 1.165) is 16.6 Å². The Hall–Kier alpha value is -3.51. The Bertz CT molecular complexity index is 1150. The van der Waals surface area contributed by atoms with E-state index in [9.17, 15) is 4.79 Å². The number of pyridine rings is 1. The zero-order valence-corrected chi connectivity index (χ0v) is 15.5. The lowest BCUT2D eigenvalue weighted by atomic mass is 10.2. The Labute approximate surface area is 166 Å². The monoisotopic (exact) mass is 389 g/mol. The third-order valence-electron chi connectivity index (χ3n) is 4.15. The molecule has 0 saturated heterocycles. The summed E-state index contributed by atoms with van der Waals surface area (Å²) in [6.45, 7) is 0.0618. The molecule has 138 valence electrons. The molecule has 28 heavy (non-hydrogen) atoms. The van der Waals surface area contributed by atoms with Crippen LogP contribution in [0.15, 0.2) is 78.0 Å². The molecule has 2 aromatic carbocycles. The maximum Gasteiger partial charge on any atom is 0.260 e. The average Bonchev–Trinajstić information content (AvgIpc) is 3.09. The minimum absolute atomic E-state index is 0.0618. The molecule has 0 saturated carbocycles. The maximum absolute atomic E-state index is 12.5. The third-order valence-corrected chi connectivity index (χ3v) is 4.49. The minimum atomic E-state index is -0.274. The summed E-state index contributed by atoms with van der Waals surface area (Å²) >= 11 is 6.09. The molecule has 0 aliphatic rings. The van der Waals surface area contributed by atoms with Crippen LogP contribution in [0, 0.1) is 0 Å². The van der Waals surface area contributed by atoms with Crippen molar-refractivity contribution in [1.29, 1.82) is 0 Å². The van der Waals surface area contributed by atoms with E-state index < -0.39 is 0 Å². The van der Waals surface area contributed by atoms with Gasteiger partial charge in [-0.15, -0.1) is 0 Å². The van der Waals surface area contributed by atoms with E-state index in [-0.39, 0.29) is 12.5 Å². The smallest absolute Gasteiger partial charge is 0.260 e. The molecule has 0 fully saturated rings. The van der Waals surface area contributed by atoms with Crippen LogP contribution in [-0.2, 0) is 11.3 Å². The van der Waals surface area contributed by atoms with E-state index in [1.165, 1.54) is 6.21 Å². The molecule has 0 spiro atoms. The predicted octanol–water partition coefficient (Wildman–Crippen LogP) is 3.90. The molecular weight excluding hydrogens is 374 g/mol. The van der Waals surface area contributed by atoms with Crippen molar-refractivity contribution in [3.05, 3.63) is 83.5 Å². The number of carbonyl (C=O) groups excluding carboxylic acids is 1. The number of carbonyl (C=O) groups is 1. The van der Waals surface area contributed by atoms with E-state index in [2.05, 4.69) is 20.5 Å². The quantitative estimate of drug-likeness (QED) is 0.415. The number of nitrogens with one attached hydrogen (secondary N) is 1. The van der Waals surface area contributed by atoms with Crippen molar-refractivity contribution in [1.82, 2.24) is 20.0 Å². The lowest BCUT2D eigenvalue weighted by Gasteiger charge is -2.08. The fourth-order valence-electron chi connectivity index (χ4n) is 2.86. The van der Waals surface area contributed by atoms with Gasteiger partial charge in [-0.1, -0.05) is 48.0 Å². The molecule has 4 rings (SSSR count). The van der Waals surface area contributed by atoms with Gasteiger partial charge in [0.25, 0.3) is 5.91 Å². The summed E-state index contributed by atoms with van der Waals surface area (Å²) < 4.78 is 1.83. The molecule has 6 nitrogen and oxygen atoms in total. The Balaban J connectivity index is 1.59. The fourth-order valence-corrected chi connectivity index (χ4v) is 3.04. The van der Waals surface area contributed by atoms with Crippen molar-refractivity contribution in [2.45, 2.75) is 6.54 Å². The number of imidazole rings is 1. The number of amides is 1. The van der Waals surface area contributed by atoms with Gasteiger partial charge in [-0.05, 0) is 30.3 Å². The van der Waals surface area contributed by atoms with Crippen LogP contribution < -0.4 is 5.43 Å². The molecule has 1 N–H and O–H groups in total. The second kappa shape index (κ2) is 8.02. The zero-order chi connectivity index (χ0) is 19.3. The topological polar surface area (TPSA) is 72.2 Å². The number of benzene rings is 2. The number of hydrogen-bond acceptors (Lipinski definition) is 4. The van der Waals surface area contributed by atoms with Gasteiger partial charge in [0.1, 0.15) is 12.2 Å². The van der Waals surface area contributed by atoms with Gasteiger partial charge in [0, 0.05) is 16.8 Å². The number of hydrogen-bond donors (Lipinski definition) is 1. The van der Waals surface area contributed by atoms with Gasteiger partial charge in [0.05, 0.1) is 17.2 Å². The maximum atomic E-state index is 12.5. The number of nitrogens with zero attached hydrogens (tertiary/aromatic N) is 4. The summed E-state index contributed by atoms with van der Waals surface area (Å²) in [7, 11) is 0. The van der Waals surface area contributed by atoms with Crippen LogP contribution in [0.25, 0.3) is 22.6 Å². The number of fused-ring (bicyclic) bond motifs is 1. The van der Waals surface area contributed by atoms with E-state index >= 15 is 0 Å². The summed E-state index contributed by atoms with van der Waals surface area (Å²) in [6.07, 6.45) is 3.22. The fraction of sp³-hybridized carbons (Fsp3) is 0.0476. The largest absolute Gasteiger partial charge is 0.313 e. The molecule has 2 heterocycles. The molecule has 2 aromatic heterocycles. The Kier molecular flexibility index (Phi) is 5.12. The van der Waals surface area contributed by atoms with Gasteiger partial charge >= 0.3 is 0 Å². The van der Waals surface area contributed by atoms with Crippen molar-refractivity contribution in [2.24, 2.45) is 5.10 Å². The van der Waals surface area contributed by atoms with Crippen LogP contribution in [0.2, 0.25) is 5.02 Å². The molecule has 7 heteroatoms. The lowest BCUT2D eigenvalue weighted by molar-refractivity contribution is -0.121. The van der Waals surface area contributed by atoms with E-state index in [1.807, 2.05) is 65.2 Å². The number of aromatic nitrogens is 3. The molecule has 4 aromatic rings.